The minimum absolute atomic E-state index is 0.188. The number of imide groups is 1. The summed E-state index contributed by atoms with van der Waals surface area (Å²) in [5.41, 5.74) is 1.81. The molecule has 0 spiro atoms. The quantitative estimate of drug-likeness (QED) is 0.387. The molecule has 0 aromatic heterocycles. The zero-order valence-electron chi connectivity index (χ0n) is 19.9. The second kappa shape index (κ2) is 11.5. The standard InChI is InChI=1S/C25H37N3O4/c1-5-26-13-15-27(16-14-26)23-22(20-8-10-21(11-9-20)32-18-19(3)4)24(29)28(25(23)30)12-7-17-31-6-2/h8-11,19H,5-7,12-18H2,1-4H3. The molecule has 2 amide bonds. The van der Waals surface area contributed by atoms with Gasteiger partial charge >= 0.3 is 0 Å². The van der Waals surface area contributed by atoms with Gasteiger partial charge in [0.2, 0.25) is 0 Å². The molecular formula is C25H37N3O4. The molecule has 7 nitrogen and oxygen atoms in total. The van der Waals surface area contributed by atoms with Crippen LogP contribution in [0.3, 0.4) is 0 Å². The van der Waals surface area contributed by atoms with Crippen LogP contribution in [0, 0.1) is 5.92 Å². The number of hydrogen-bond acceptors (Lipinski definition) is 6. The van der Waals surface area contributed by atoms with Crippen LogP contribution in [0.1, 0.15) is 39.7 Å². The highest BCUT2D eigenvalue weighted by atomic mass is 16.5. The van der Waals surface area contributed by atoms with Gasteiger partial charge in [0.25, 0.3) is 11.8 Å². The number of rotatable bonds is 11. The fourth-order valence-corrected chi connectivity index (χ4v) is 4.06. The maximum Gasteiger partial charge on any atom is 0.277 e. The van der Waals surface area contributed by atoms with E-state index in [9.17, 15) is 9.59 Å². The molecule has 0 unspecified atom stereocenters. The molecule has 0 atom stereocenters. The van der Waals surface area contributed by atoms with Crippen LogP contribution in [-0.4, -0.2) is 85.6 Å². The molecule has 2 aliphatic rings. The van der Waals surface area contributed by atoms with E-state index in [1.807, 2.05) is 31.2 Å². The Morgan fingerprint density at radius 1 is 0.969 bits per heavy atom. The van der Waals surface area contributed by atoms with Gasteiger partial charge in [0.1, 0.15) is 11.4 Å². The average Bonchev–Trinajstić information content (AvgIpc) is 3.05. The van der Waals surface area contributed by atoms with Gasteiger partial charge in [0.15, 0.2) is 0 Å². The Hall–Kier alpha value is -2.38. The fourth-order valence-electron chi connectivity index (χ4n) is 4.06. The second-order valence-corrected chi connectivity index (χ2v) is 8.69. The molecule has 7 heteroatoms. The van der Waals surface area contributed by atoms with Crippen molar-refractivity contribution in [1.82, 2.24) is 14.7 Å². The van der Waals surface area contributed by atoms with E-state index in [2.05, 4.69) is 30.6 Å². The van der Waals surface area contributed by atoms with Gasteiger partial charge < -0.3 is 19.3 Å². The first-order valence-corrected chi connectivity index (χ1v) is 11.8. The Balaban J connectivity index is 1.85. The van der Waals surface area contributed by atoms with Crippen molar-refractivity contribution in [2.45, 2.75) is 34.1 Å². The summed E-state index contributed by atoms with van der Waals surface area (Å²) in [5.74, 6) is 0.804. The molecule has 1 saturated heterocycles. The number of amides is 2. The van der Waals surface area contributed by atoms with Crippen molar-refractivity contribution >= 4 is 17.4 Å². The van der Waals surface area contributed by atoms with Crippen molar-refractivity contribution in [1.29, 1.82) is 0 Å². The van der Waals surface area contributed by atoms with Crippen LogP contribution >= 0.6 is 0 Å². The van der Waals surface area contributed by atoms with Crippen LogP contribution in [0.2, 0.25) is 0 Å². The van der Waals surface area contributed by atoms with Crippen LogP contribution in [0.25, 0.3) is 5.57 Å². The molecule has 1 fully saturated rings. The number of ether oxygens (including phenoxy) is 2. The molecule has 0 aliphatic carbocycles. The maximum absolute atomic E-state index is 13.4. The van der Waals surface area contributed by atoms with Gasteiger partial charge in [0.05, 0.1) is 12.2 Å². The Labute approximate surface area is 191 Å². The highest BCUT2D eigenvalue weighted by Crippen LogP contribution is 2.33. The van der Waals surface area contributed by atoms with Gasteiger partial charge in [0, 0.05) is 45.9 Å². The molecule has 1 aromatic rings. The van der Waals surface area contributed by atoms with Gasteiger partial charge in [-0.15, -0.1) is 0 Å². The summed E-state index contributed by atoms with van der Waals surface area (Å²) in [5, 5.41) is 0. The molecule has 0 N–H and O–H groups in total. The topological polar surface area (TPSA) is 62.3 Å². The maximum atomic E-state index is 13.4. The van der Waals surface area contributed by atoms with Crippen molar-refractivity contribution < 1.29 is 19.1 Å². The molecule has 3 rings (SSSR count). The minimum Gasteiger partial charge on any atom is -0.493 e. The highest BCUT2D eigenvalue weighted by molar-refractivity contribution is 6.35. The third kappa shape index (κ3) is 5.70. The van der Waals surface area contributed by atoms with Crippen molar-refractivity contribution in [3.63, 3.8) is 0 Å². The van der Waals surface area contributed by atoms with E-state index in [0.29, 0.717) is 50.0 Å². The zero-order chi connectivity index (χ0) is 23.1. The summed E-state index contributed by atoms with van der Waals surface area (Å²) < 4.78 is 11.2. The Kier molecular flexibility index (Phi) is 8.70. The number of carbonyl (C=O) groups excluding carboxylic acids is 2. The molecule has 0 radical (unpaired) electrons. The fraction of sp³-hybridized carbons (Fsp3) is 0.600. The lowest BCUT2D eigenvalue weighted by molar-refractivity contribution is -0.137. The van der Waals surface area contributed by atoms with Crippen LogP contribution in [-0.2, 0) is 14.3 Å². The Bertz CT molecular complexity index is 811. The number of nitrogens with zero attached hydrogens (tertiary/aromatic N) is 3. The summed E-state index contributed by atoms with van der Waals surface area (Å²) >= 11 is 0. The predicted molar refractivity (Wildman–Crippen MR) is 125 cm³/mol. The first-order valence-electron chi connectivity index (χ1n) is 11.8. The average molecular weight is 444 g/mol. The number of benzene rings is 1. The van der Waals surface area contributed by atoms with Gasteiger partial charge in [-0.3, -0.25) is 14.5 Å². The molecule has 2 heterocycles. The third-order valence-electron chi connectivity index (χ3n) is 5.88. The molecule has 1 aromatic carbocycles. The van der Waals surface area contributed by atoms with Crippen molar-refractivity contribution in [3.05, 3.63) is 35.5 Å². The monoisotopic (exact) mass is 443 g/mol. The summed E-state index contributed by atoms with van der Waals surface area (Å²) in [6.07, 6.45) is 0.636. The first kappa shape index (κ1) is 24.3. The predicted octanol–water partition coefficient (Wildman–Crippen LogP) is 2.87. The lowest BCUT2D eigenvalue weighted by Crippen LogP contribution is -2.47. The van der Waals surface area contributed by atoms with Crippen molar-refractivity contribution in [2.75, 3.05) is 59.1 Å². The van der Waals surface area contributed by atoms with Crippen LogP contribution in [0.5, 0.6) is 5.75 Å². The SMILES string of the molecule is CCOCCCN1C(=O)C(c2ccc(OCC(C)C)cc2)=C(N2CCN(CC)CC2)C1=O. The van der Waals surface area contributed by atoms with E-state index in [1.54, 1.807) is 0 Å². The normalized spacial score (nSPS) is 17.8. The zero-order valence-corrected chi connectivity index (χ0v) is 19.9. The second-order valence-electron chi connectivity index (χ2n) is 8.69. The van der Waals surface area contributed by atoms with Gasteiger partial charge in [-0.2, -0.15) is 0 Å². The van der Waals surface area contributed by atoms with E-state index in [-0.39, 0.29) is 11.8 Å². The Morgan fingerprint density at radius 3 is 2.25 bits per heavy atom. The highest BCUT2D eigenvalue weighted by Gasteiger charge is 2.41. The number of likely N-dealkylation sites (N-methyl/N-ethyl adjacent to an activating group) is 1. The smallest absolute Gasteiger partial charge is 0.277 e. The van der Waals surface area contributed by atoms with Crippen LogP contribution in [0.4, 0.5) is 0 Å². The summed E-state index contributed by atoms with van der Waals surface area (Å²) in [4.78, 5) is 32.6. The third-order valence-corrected chi connectivity index (χ3v) is 5.88. The van der Waals surface area contributed by atoms with Gasteiger partial charge in [-0.25, -0.2) is 0 Å². The molecule has 176 valence electrons. The molecular weight excluding hydrogens is 406 g/mol. The van der Waals surface area contributed by atoms with Crippen molar-refractivity contribution in [2.24, 2.45) is 5.92 Å². The first-order chi connectivity index (χ1) is 15.5. The largest absolute Gasteiger partial charge is 0.493 e. The van der Waals surface area contributed by atoms with E-state index >= 15 is 0 Å². The van der Waals surface area contributed by atoms with Crippen LogP contribution < -0.4 is 4.74 Å². The van der Waals surface area contributed by atoms with Gasteiger partial charge in [-0.1, -0.05) is 32.9 Å². The minimum atomic E-state index is -0.213. The van der Waals surface area contributed by atoms with E-state index in [4.69, 9.17) is 9.47 Å². The molecule has 0 saturated carbocycles. The number of carbonyl (C=O) groups is 2. The number of piperazine rings is 1. The molecule has 32 heavy (non-hydrogen) atoms. The van der Waals surface area contributed by atoms with Crippen LogP contribution in [0.15, 0.2) is 30.0 Å². The lowest BCUT2D eigenvalue weighted by Gasteiger charge is -2.36. The Morgan fingerprint density at radius 2 is 1.66 bits per heavy atom. The summed E-state index contributed by atoms with van der Waals surface area (Å²) in [6.45, 7) is 14.7. The summed E-state index contributed by atoms with van der Waals surface area (Å²) in [6, 6.07) is 7.55. The number of hydrogen-bond donors (Lipinski definition) is 0. The summed E-state index contributed by atoms with van der Waals surface area (Å²) in [7, 11) is 0. The van der Waals surface area contributed by atoms with Gasteiger partial charge in [-0.05, 0) is 43.5 Å². The van der Waals surface area contributed by atoms with Crippen molar-refractivity contribution in [3.8, 4) is 5.75 Å². The van der Waals surface area contributed by atoms with E-state index < -0.39 is 0 Å². The lowest BCUT2D eigenvalue weighted by atomic mass is 10.0. The molecule has 2 aliphatic heterocycles. The van der Waals surface area contributed by atoms with E-state index in [1.165, 1.54) is 4.90 Å². The molecule has 0 bridgehead atoms. The van der Waals surface area contributed by atoms with E-state index in [0.717, 1.165) is 44.0 Å².